The SMILES string of the molecule is COc1ccc(S(=O)(=O)N(CC(=O)N(Cc2ccccc2C)[C@H](C)C(=O)NC2CCCCC2)c2ccc(C)cc2)cc1Br. The monoisotopic (exact) mass is 669 g/mol. The third kappa shape index (κ3) is 7.97. The number of anilines is 1. The molecule has 43 heavy (non-hydrogen) atoms. The standard InChI is InChI=1S/C33H40BrN3O5S/c1-23-14-16-28(17-15-23)37(43(40,41)29-18-19-31(42-4)30(34)20-29)22-32(38)36(21-26-11-9-8-10-24(26)2)25(3)33(39)35-27-12-6-5-7-13-27/h8-11,14-20,25,27H,5-7,12-13,21-22H2,1-4H3,(H,35,39)/t25-/m1/s1. The van der Waals surface area contributed by atoms with Crippen molar-refractivity contribution in [1.29, 1.82) is 0 Å². The van der Waals surface area contributed by atoms with Crippen molar-refractivity contribution in [2.45, 2.75) is 76.4 Å². The van der Waals surface area contributed by atoms with E-state index in [2.05, 4.69) is 21.2 Å². The number of sulfonamides is 1. The highest BCUT2D eigenvalue weighted by Crippen LogP contribution is 2.31. The number of amides is 2. The number of hydrogen-bond acceptors (Lipinski definition) is 5. The molecule has 1 fully saturated rings. The normalized spacial score (nSPS) is 14.5. The van der Waals surface area contributed by atoms with E-state index in [4.69, 9.17) is 4.74 Å². The molecule has 0 radical (unpaired) electrons. The second-order valence-corrected chi connectivity index (χ2v) is 13.8. The number of ether oxygens (including phenoxy) is 1. The zero-order valence-corrected chi connectivity index (χ0v) is 27.6. The van der Waals surface area contributed by atoms with E-state index in [-0.39, 0.29) is 23.4 Å². The van der Waals surface area contributed by atoms with Gasteiger partial charge in [0.15, 0.2) is 0 Å². The van der Waals surface area contributed by atoms with Crippen LogP contribution in [-0.2, 0) is 26.2 Å². The van der Waals surface area contributed by atoms with Crippen LogP contribution in [0.3, 0.4) is 0 Å². The van der Waals surface area contributed by atoms with Crippen molar-refractivity contribution in [3.63, 3.8) is 0 Å². The van der Waals surface area contributed by atoms with E-state index in [9.17, 15) is 18.0 Å². The number of carbonyl (C=O) groups is 2. The van der Waals surface area contributed by atoms with E-state index in [1.54, 1.807) is 37.3 Å². The van der Waals surface area contributed by atoms with Crippen molar-refractivity contribution < 1.29 is 22.7 Å². The highest BCUT2D eigenvalue weighted by Gasteiger charge is 2.33. The molecule has 2 amide bonds. The first-order valence-corrected chi connectivity index (χ1v) is 16.8. The van der Waals surface area contributed by atoms with E-state index < -0.39 is 28.5 Å². The lowest BCUT2D eigenvalue weighted by Gasteiger charge is -2.33. The lowest BCUT2D eigenvalue weighted by atomic mass is 9.95. The Morgan fingerprint density at radius 2 is 1.67 bits per heavy atom. The molecule has 0 bridgehead atoms. The summed E-state index contributed by atoms with van der Waals surface area (Å²) in [6, 6.07) is 18.4. The van der Waals surface area contributed by atoms with Gasteiger partial charge in [0, 0.05) is 12.6 Å². The van der Waals surface area contributed by atoms with Gasteiger partial charge in [-0.2, -0.15) is 0 Å². The van der Waals surface area contributed by atoms with Gasteiger partial charge in [-0.15, -0.1) is 0 Å². The van der Waals surface area contributed by atoms with Crippen LogP contribution in [0, 0.1) is 13.8 Å². The summed E-state index contributed by atoms with van der Waals surface area (Å²) in [5, 5.41) is 3.14. The first kappa shape index (κ1) is 32.5. The van der Waals surface area contributed by atoms with Crippen LogP contribution in [0.4, 0.5) is 5.69 Å². The summed E-state index contributed by atoms with van der Waals surface area (Å²) in [4.78, 5) is 29.2. The molecule has 0 heterocycles. The second-order valence-electron chi connectivity index (χ2n) is 11.1. The molecule has 10 heteroatoms. The zero-order chi connectivity index (χ0) is 31.1. The lowest BCUT2D eigenvalue weighted by Crippen LogP contribution is -2.53. The molecule has 3 aromatic rings. The quantitative estimate of drug-likeness (QED) is 0.265. The molecule has 1 saturated carbocycles. The number of hydrogen-bond donors (Lipinski definition) is 1. The molecule has 8 nitrogen and oxygen atoms in total. The first-order chi connectivity index (χ1) is 20.5. The summed E-state index contributed by atoms with van der Waals surface area (Å²) in [5.74, 6) is -0.233. The van der Waals surface area contributed by atoms with Crippen molar-refractivity contribution in [2.75, 3.05) is 18.0 Å². The average molecular weight is 671 g/mol. The van der Waals surface area contributed by atoms with Gasteiger partial charge >= 0.3 is 0 Å². The van der Waals surface area contributed by atoms with Crippen LogP contribution < -0.4 is 14.4 Å². The molecule has 0 aromatic heterocycles. The molecule has 0 saturated heterocycles. The van der Waals surface area contributed by atoms with Crippen molar-refractivity contribution in [2.24, 2.45) is 0 Å². The Morgan fingerprint density at radius 3 is 2.30 bits per heavy atom. The molecule has 4 rings (SSSR count). The Kier molecular flexibility index (Phi) is 10.9. The topological polar surface area (TPSA) is 96.0 Å². The van der Waals surface area contributed by atoms with Gasteiger partial charge in [0.05, 0.1) is 22.2 Å². The zero-order valence-electron chi connectivity index (χ0n) is 25.2. The first-order valence-electron chi connectivity index (χ1n) is 14.6. The summed E-state index contributed by atoms with van der Waals surface area (Å²) in [6.45, 7) is 5.25. The second kappa shape index (κ2) is 14.4. The summed E-state index contributed by atoms with van der Waals surface area (Å²) in [6.07, 6.45) is 5.13. The Bertz CT molecular complexity index is 1540. The Balaban J connectivity index is 1.70. The molecule has 1 atom stereocenters. The third-order valence-electron chi connectivity index (χ3n) is 8.03. The van der Waals surface area contributed by atoms with Gasteiger partial charge in [-0.05, 0) is 91.0 Å². The van der Waals surface area contributed by atoms with E-state index in [0.29, 0.717) is 15.9 Å². The van der Waals surface area contributed by atoms with E-state index in [0.717, 1.165) is 53.1 Å². The fraction of sp³-hybridized carbons (Fsp3) is 0.394. The molecule has 230 valence electrons. The van der Waals surface area contributed by atoms with Crippen LogP contribution in [0.25, 0.3) is 0 Å². The molecule has 3 aromatic carbocycles. The fourth-order valence-corrected chi connectivity index (χ4v) is 7.43. The summed E-state index contributed by atoms with van der Waals surface area (Å²) in [7, 11) is -2.69. The fourth-order valence-electron chi connectivity index (χ4n) is 5.30. The van der Waals surface area contributed by atoms with Gasteiger partial charge in [-0.3, -0.25) is 13.9 Å². The highest BCUT2D eigenvalue weighted by atomic mass is 79.9. The largest absolute Gasteiger partial charge is 0.496 e. The van der Waals surface area contributed by atoms with Crippen molar-refractivity contribution >= 4 is 43.5 Å². The minimum atomic E-state index is -4.19. The lowest BCUT2D eigenvalue weighted by molar-refractivity contribution is -0.139. The number of benzene rings is 3. The minimum Gasteiger partial charge on any atom is -0.496 e. The number of aryl methyl sites for hydroxylation is 2. The molecule has 0 unspecified atom stereocenters. The van der Waals surface area contributed by atoms with E-state index in [1.807, 2.05) is 38.1 Å². The number of methoxy groups -OCH3 is 1. The molecule has 1 aliphatic rings. The summed E-state index contributed by atoms with van der Waals surface area (Å²) < 4.78 is 35.1. The third-order valence-corrected chi connectivity index (χ3v) is 10.4. The maximum atomic E-state index is 14.2. The van der Waals surface area contributed by atoms with Crippen LogP contribution >= 0.6 is 15.9 Å². The molecular formula is C33H40BrN3O5S. The van der Waals surface area contributed by atoms with Gasteiger partial charge in [0.1, 0.15) is 18.3 Å². The van der Waals surface area contributed by atoms with Crippen LogP contribution in [-0.4, -0.2) is 50.9 Å². The maximum Gasteiger partial charge on any atom is 0.264 e. The highest BCUT2D eigenvalue weighted by molar-refractivity contribution is 9.10. The maximum absolute atomic E-state index is 14.2. The van der Waals surface area contributed by atoms with Crippen molar-refractivity contribution in [3.05, 3.63) is 87.9 Å². The number of nitrogens with one attached hydrogen (secondary N) is 1. The predicted molar refractivity (Wildman–Crippen MR) is 173 cm³/mol. The van der Waals surface area contributed by atoms with E-state index >= 15 is 0 Å². The smallest absolute Gasteiger partial charge is 0.264 e. The van der Waals surface area contributed by atoms with Crippen LogP contribution in [0.5, 0.6) is 5.75 Å². The summed E-state index contributed by atoms with van der Waals surface area (Å²) in [5.41, 5.74) is 3.16. The van der Waals surface area contributed by atoms with E-state index in [1.165, 1.54) is 24.1 Å². The molecular weight excluding hydrogens is 630 g/mol. The van der Waals surface area contributed by atoms with Gasteiger partial charge in [0.2, 0.25) is 11.8 Å². The van der Waals surface area contributed by atoms with Gasteiger partial charge in [-0.25, -0.2) is 8.42 Å². The number of halogens is 1. The number of carbonyl (C=O) groups excluding carboxylic acids is 2. The van der Waals surface area contributed by atoms with Crippen LogP contribution in [0.1, 0.15) is 55.7 Å². The Labute approximate surface area is 263 Å². The molecule has 1 aliphatic carbocycles. The van der Waals surface area contributed by atoms with Gasteiger partial charge in [-0.1, -0.05) is 61.2 Å². The Hall–Kier alpha value is -3.37. The predicted octanol–water partition coefficient (Wildman–Crippen LogP) is 6.14. The molecule has 1 N–H and O–H groups in total. The summed E-state index contributed by atoms with van der Waals surface area (Å²) >= 11 is 3.38. The van der Waals surface area contributed by atoms with Crippen molar-refractivity contribution in [1.82, 2.24) is 10.2 Å². The van der Waals surface area contributed by atoms with Crippen LogP contribution in [0.2, 0.25) is 0 Å². The number of rotatable bonds is 11. The molecule has 0 spiro atoms. The van der Waals surface area contributed by atoms with Gasteiger partial charge in [0.25, 0.3) is 10.0 Å². The van der Waals surface area contributed by atoms with Crippen molar-refractivity contribution in [3.8, 4) is 5.75 Å². The molecule has 0 aliphatic heterocycles. The van der Waals surface area contributed by atoms with Gasteiger partial charge < -0.3 is 15.0 Å². The average Bonchev–Trinajstić information content (AvgIpc) is 3.00. The van der Waals surface area contributed by atoms with Crippen LogP contribution in [0.15, 0.2) is 76.1 Å². The Morgan fingerprint density at radius 1 is 1.00 bits per heavy atom. The minimum absolute atomic E-state index is 0.00194. The number of nitrogens with zero attached hydrogens (tertiary/aromatic N) is 2.